The average molecular weight is 308 g/mol. The summed E-state index contributed by atoms with van der Waals surface area (Å²) in [7, 11) is -0.343. The fourth-order valence-corrected chi connectivity index (χ4v) is 2.24. The van der Waals surface area contributed by atoms with E-state index in [0.717, 1.165) is 4.31 Å². The van der Waals surface area contributed by atoms with Crippen molar-refractivity contribution in [1.82, 2.24) is 9.62 Å². The second-order valence-corrected chi connectivity index (χ2v) is 6.56. The number of hydrogen-bond donors (Lipinski definition) is 1. The second kappa shape index (κ2) is 7.51. The van der Waals surface area contributed by atoms with Gasteiger partial charge in [0.1, 0.15) is 5.75 Å². The summed E-state index contributed by atoms with van der Waals surface area (Å²) in [6.45, 7) is -2.40. The minimum atomic E-state index is -3.26. The SMILES string of the molecule is CN(C)S(=O)(=O)CCNCc1ccccc1OC(F)F. The van der Waals surface area contributed by atoms with E-state index in [9.17, 15) is 17.2 Å². The van der Waals surface area contributed by atoms with E-state index in [1.807, 2.05) is 0 Å². The molecule has 0 bridgehead atoms. The molecular formula is C12H18F2N2O3S. The van der Waals surface area contributed by atoms with Gasteiger partial charge in [-0.25, -0.2) is 12.7 Å². The Balaban J connectivity index is 2.50. The Morgan fingerprint density at radius 2 is 1.95 bits per heavy atom. The maximum Gasteiger partial charge on any atom is 0.387 e. The van der Waals surface area contributed by atoms with Gasteiger partial charge in [0.25, 0.3) is 0 Å². The molecule has 1 aromatic carbocycles. The number of benzene rings is 1. The van der Waals surface area contributed by atoms with Crippen LogP contribution in [0.3, 0.4) is 0 Å². The molecule has 0 saturated heterocycles. The van der Waals surface area contributed by atoms with E-state index >= 15 is 0 Å². The highest BCUT2D eigenvalue weighted by Gasteiger charge is 2.13. The van der Waals surface area contributed by atoms with Crippen LogP contribution in [0, 0.1) is 0 Å². The van der Waals surface area contributed by atoms with Gasteiger partial charge < -0.3 is 10.1 Å². The molecular weight excluding hydrogens is 290 g/mol. The number of rotatable bonds is 8. The molecule has 0 aliphatic carbocycles. The van der Waals surface area contributed by atoms with Crippen LogP contribution in [-0.4, -0.2) is 45.7 Å². The first-order chi connectivity index (χ1) is 9.33. The molecule has 1 aromatic rings. The number of hydrogen-bond acceptors (Lipinski definition) is 4. The van der Waals surface area contributed by atoms with Gasteiger partial charge in [-0.05, 0) is 6.07 Å². The summed E-state index contributed by atoms with van der Waals surface area (Å²) in [4.78, 5) is 0. The predicted molar refractivity (Wildman–Crippen MR) is 72.3 cm³/mol. The molecule has 1 N–H and O–H groups in total. The third kappa shape index (κ3) is 5.40. The summed E-state index contributed by atoms with van der Waals surface area (Å²) in [6.07, 6.45) is 0. The van der Waals surface area contributed by atoms with Gasteiger partial charge in [-0.2, -0.15) is 8.78 Å². The third-order valence-corrected chi connectivity index (χ3v) is 4.43. The monoisotopic (exact) mass is 308 g/mol. The Bertz CT molecular complexity index is 521. The van der Waals surface area contributed by atoms with Crippen molar-refractivity contribution in [3.63, 3.8) is 0 Å². The van der Waals surface area contributed by atoms with Crippen molar-refractivity contribution in [2.45, 2.75) is 13.2 Å². The maximum absolute atomic E-state index is 12.2. The minimum absolute atomic E-state index is 0.0577. The van der Waals surface area contributed by atoms with Crippen LogP contribution in [0.15, 0.2) is 24.3 Å². The van der Waals surface area contributed by atoms with E-state index in [1.54, 1.807) is 18.2 Å². The van der Waals surface area contributed by atoms with Gasteiger partial charge in [-0.1, -0.05) is 18.2 Å². The Morgan fingerprint density at radius 1 is 1.30 bits per heavy atom. The van der Waals surface area contributed by atoms with Gasteiger partial charge in [0.15, 0.2) is 0 Å². The molecule has 20 heavy (non-hydrogen) atoms. The van der Waals surface area contributed by atoms with Crippen molar-refractivity contribution >= 4 is 10.0 Å². The van der Waals surface area contributed by atoms with Crippen molar-refractivity contribution in [1.29, 1.82) is 0 Å². The number of ether oxygens (including phenoxy) is 1. The Morgan fingerprint density at radius 3 is 2.55 bits per heavy atom. The molecule has 0 spiro atoms. The second-order valence-electron chi connectivity index (χ2n) is 4.26. The molecule has 0 amide bonds. The van der Waals surface area contributed by atoms with Crippen molar-refractivity contribution < 1.29 is 21.9 Å². The standard InChI is InChI=1S/C12H18F2N2O3S/c1-16(2)20(17,18)8-7-15-9-10-5-3-4-6-11(10)19-12(13)14/h3-6,12,15H,7-9H2,1-2H3. The highest BCUT2D eigenvalue weighted by Crippen LogP contribution is 2.19. The molecule has 0 heterocycles. The molecule has 0 aliphatic heterocycles. The first-order valence-electron chi connectivity index (χ1n) is 5.96. The minimum Gasteiger partial charge on any atom is -0.434 e. The van der Waals surface area contributed by atoms with Crippen LogP contribution < -0.4 is 10.1 Å². The van der Waals surface area contributed by atoms with Gasteiger partial charge >= 0.3 is 6.61 Å². The van der Waals surface area contributed by atoms with Crippen molar-refractivity contribution in [3.8, 4) is 5.75 Å². The molecule has 114 valence electrons. The van der Waals surface area contributed by atoms with Gasteiger partial charge in [0.2, 0.25) is 10.0 Å². The van der Waals surface area contributed by atoms with Crippen molar-refractivity contribution in [3.05, 3.63) is 29.8 Å². The van der Waals surface area contributed by atoms with Crippen LogP contribution in [0.2, 0.25) is 0 Å². The summed E-state index contributed by atoms with van der Waals surface area (Å²) >= 11 is 0. The number of para-hydroxylation sites is 1. The average Bonchev–Trinajstić information content (AvgIpc) is 2.35. The molecule has 1 rings (SSSR count). The lowest BCUT2D eigenvalue weighted by atomic mass is 10.2. The summed E-state index contributed by atoms with van der Waals surface area (Å²) in [5.74, 6) is 0.0307. The van der Waals surface area contributed by atoms with E-state index in [2.05, 4.69) is 10.1 Å². The lowest BCUT2D eigenvalue weighted by Gasteiger charge is -2.13. The smallest absolute Gasteiger partial charge is 0.387 e. The molecule has 0 saturated carbocycles. The topological polar surface area (TPSA) is 58.6 Å². The Labute approximate surface area is 117 Å². The molecule has 0 aliphatic rings. The molecule has 0 unspecified atom stereocenters. The first-order valence-corrected chi connectivity index (χ1v) is 7.57. The summed E-state index contributed by atoms with van der Waals surface area (Å²) < 4.78 is 53.0. The first kappa shape index (κ1) is 16.8. The van der Waals surface area contributed by atoms with E-state index in [0.29, 0.717) is 5.56 Å². The fourth-order valence-electron chi connectivity index (χ4n) is 1.47. The molecule has 5 nitrogen and oxygen atoms in total. The molecule has 0 atom stereocenters. The van der Waals surface area contributed by atoms with E-state index in [4.69, 9.17) is 0 Å². The molecule has 8 heteroatoms. The normalized spacial score (nSPS) is 12.1. The predicted octanol–water partition coefficient (Wildman–Crippen LogP) is 1.27. The zero-order valence-electron chi connectivity index (χ0n) is 11.3. The third-order valence-electron chi connectivity index (χ3n) is 2.60. The number of sulfonamides is 1. The van der Waals surface area contributed by atoms with Crippen LogP contribution >= 0.6 is 0 Å². The lowest BCUT2D eigenvalue weighted by Crippen LogP contribution is -2.31. The van der Waals surface area contributed by atoms with Crippen LogP contribution in [-0.2, 0) is 16.6 Å². The molecule has 0 aromatic heterocycles. The van der Waals surface area contributed by atoms with Crippen LogP contribution in [0.5, 0.6) is 5.75 Å². The largest absolute Gasteiger partial charge is 0.434 e. The van der Waals surface area contributed by atoms with Crippen LogP contribution in [0.1, 0.15) is 5.56 Å². The summed E-state index contributed by atoms with van der Waals surface area (Å²) in [5, 5.41) is 2.90. The molecule has 0 radical (unpaired) electrons. The van der Waals surface area contributed by atoms with Gasteiger partial charge in [0, 0.05) is 32.7 Å². The zero-order chi connectivity index (χ0) is 15.2. The highest BCUT2D eigenvalue weighted by molar-refractivity contribution is 7.89. The molecule has 0 fully saturated rings. The van der Waals surface area contributed by atoms with E-state index < -0.39 is 16.6 Å². The zero-order valence-corrected chi connectivity index (χ0v) is 12.2. The van der Waals surface area contributed by atoms with Crippen molar-refractivity contribution in [2.75, 3.05) is 26.4 Å². The Kier molecular flexibility index (Phi) is 6.31. The van der Waals surface area contributed by atoms with E-state index in [1.165, 1.54) is 20.2 Å². The van der Waals surface area contributed by atoms with Gasteiger partial charge in [-0.3, -0.25) is 0 Å². The number of halogens is 2. The summed E-state index contributed by atoms with van der Waals surface area (Å²) in [6, 6.07) is 6.38. The Hall–Kier alpha value is -1.25. The fraction of sp³-hybridized carbons (Fsp3) is 0.500. The van der Waals surface area contributed by atoms with Crippen LogP contribution in [0.4, 0.5) is 8.78 Å². The lowest BCUT2D eigenvalue weighted by molar-refractivity contribution is -0.0504. The number of nitrogens with one attached hydrogen (secondary N) is 1. The quantitative estimate of drug-likeness (QED) is 0.735. The van der Waals surface area contributed by atoms with Gasteiger partial charge in [0.05, 0.1) is 5.75 Å². The number of nitrogens with zero attached hydrogens (tertiary/aromatic N) is 1. The summed E-state index contributed by atoms with van der Waals surface area (Å²) in [5.41, 5.74) is 0.551. The van der Waals surface area contributed by atoms with Gasteiger partial charge in [-0.15, -0.1) is 0 Å². The number of alkyl halides is 2. The highest BCUT2D eigenvalue weighted by atomic mass is 32.2. The van der Waals surface area contributed by atoms with Crippen molar-refractivity contribution in [2.24, 2.45) is 0 Å². The van der Waals surface area contributed by atoms with E-state index in [-0.39, 0.29) is 24.6 Å². The maximum atomic E-state index is 12.2. The van der Waals surface area contributed by atoms with Crippen LogP contribution in [0.25, 0.3) is 0 Å².